The number of hydrogen-bond acceptors (Lipinski definition) is 1. The van der Waals surface area contributed by atoms with Crippen LogP contribution in [0.1, 0.15) is 71.6 Å². The van der Waals surface area contributed by atoms with Crippen molar-refractivity contribution in [2.24, 2.45) is 0 Å². The molecule has 0 aromatic carbocycles. The highest BCUT2D eigenvalue weighted by atomic mass is 16.3. The van der Waals surface area contributed by atoms with Crippen LogP contribution in [0.15, 0.2) is 12.2 Å². The third-order valence-electron chi connectivity index (χ3n) is 2.92. The summed E-state index contributed by atoms with van der Waals surface area (Å²) in [6.07, 6.45) is 10.4. The minimum Gasteiger partial charge on any atom is -0.393 e. The first-order chi connectivity index (χ1) is 7.20. The minimum absolute atomic E-state index is 0.149. The summed E-state index contributed by atoms with van der Waals surface area (Å²) in [5, 5.41) is 9.69. The maximum absolute atomic E-state index is 9.69. The average Bonchev–Trinajstić information content (AvgIpc) is 2.23. The van der Waals surface area contributed by atoms with Crippen LogP contribution in [-0.2, 0) is 0 Å². The first-order valence-corrected chi connectivity index (χ1v) is 6.55. The second-order valence-corrected chi connectivity index (χ2v) is 4.52. The van der Waals surface area contributed by atoms with Crippen molar-refractivity contribution in [3.63, 3.8) is 0 Å². The monoisotopic (exact) mass is 212 g/mol. The normalized spacial score (nSPS) is 12.7. The van der Waals surface area contributed by atoms with E-state index >= 15 is 0 Å². The largest absolute Gasteiger partial charge is 0.393 e. The number of unbranched alkanes of at least 4 members (excludes halogenated alkanes) is 5. The highest BCUT2D eigenvalue weighted by Crippen LogP contribution is 2.14. The van der Waals surface area contributed by atoms with Crippen LogP contribution in [0.25, 0.3) is 0 Å². The van der Waals surface area contributed by atoms with Gasteiger partial charge < -0.3 is 5.11 Å². The van der Waals surface area contributed by atoms with Crippen LogP contribution in [0.3, 0.4) is 0 Å². The quantitative estimate of drug-likeness (QED) is 0.419. The Morgan fingerprint density at radius 3 is 2.27 bits per heavy atom. The predicted molar refractivity (Wildman–Crippen MR) is 68.0 cm³/mol. The minimum atomic E-state index is -0.149. The molecule has 0 aromatic rings. The first kappa shape index (κ1) is 14.7. The fourth-order valence-corrected chi connectivity index (χ4v) is 1.74. The maximum atomic E-state index is 9.69. The molecular weight excluding hydrogens is 184 g/mol. The summed E-state index contributed by atoms with van der Waals surface area (Å²) in [4.78, 5) is 0. The standard InChI is InChI=1S/C14H28O/c1-4-6-7-8-9-10-11-14(15)12-13(3)5-2/h14-15H,3-12H2,1-2H3. The highest BCUT2D eigenvalue weighted by Gasteiger charge is 2.04. The molecule has 1 N–H and O–H groups in total. The van der Waals surface area contributed by atoms with Crippen molar-refractivity contribution in [2.45, 2.75) is 77.7 Å². The van der Waals surface area contributed by atoms with Crippen molar-refractivity contribution in [1.82, 2.24) is 0 Å². The summed E-state index contributed by atoms with van der Waals surface area (Å²) < 4.78 is 0. The molecule has 0 heterocycles. The fraction of sp³-hybridized carbons (Fsp3) is 0.857. The van der Waals surface area contributed by atoms with Gasteiger partial charge in [-0.15, -0.1) is 0 Å². The van der Waals surface area contributed by atoms with E-state index in [0.717, 1.165) is 19.3 Å². The molecule has 0 bridgehead atoms. The molecule has 15 heavy (non-hydrogen) atoms. The van der Waals surface area contributed by atoms with E-state index in [1.807, 2.05) is 0 Å². The molecule has 0 aliphatic carbocycles. The molecule has 1 heteroatoms. The molecule has 0 aliphatic rings. The molecule has 0 saturated carbocycles. The van der Waals surface area contributed by atoms with Crippen LogP contribution >= 0.6 is 0 Å². The van der Waals surface area contributed by atoms with Gasteiger partial charge in [-0.1, -0.05) is 64.5 Å². The van der Waals surface area contributed by atoms with Crippen molar-refractivity contribution < 1.29 is 5.11 Å². The maximum Gasteiger partial charge on any atom is 0.0577 e. The van der Waals surface area contributed by atoms with E-state index in [9.17, 15) is 5.11 Å². The van der Waals surface area contributed by atoms with Gasteiger partial charge in [0.15, 0.2) is 0 Å². The smallest absolute Gasteiger partial charge is 0.0577 e. The Morgan fingerprint density at radius 1 is 1.07 bits per heavy atom. The summed E-state index contributed by atoms with van der Waals surface area (Å²) >= 11 is 0. The van der Waals surface area contributed by atoms with Crippen LogP contribution < -0.4 is 0 Å². The zero-order valence-electron chi connectivity index (χ0n) is 10.6. The van der Waals surface area contributed by atoms with Gasteiger partial charge in [-0.05, 0) is 19.3 Å². The molecule has 90 valence electrons. The van der Waals surface area contributed by atoms with Gasteiger partial charge >= 0.3 is 0 Å². The molecule has 1 atom stereocenters. The molecule has 0 radical (unpaired) electrons. The van der Waals surface area contributed by atoms with E-state index in [1.54, 1.807) is 0 Å². The van der Waals surface area contributed by atoms with Gasteiger partial charge in [-0.3, -0.25) is 0 Å². The molecule has 0 amide bonds. The Bertz CT molecular complexity index is 151. The molecule has 0 fully saturated rings. The van der Waals surface area contributed by atoms with Crippen molar-refractivity contribution in [3.05, 3.63) is 12.2 Å². The van der Waals surface area contributed by atoms with Gasteiger partial charge in [-0.25, -0.2) is 0 Å². The third kappa shape index (κ3) is 9.99. The van der Waals surface area contributed by atoms with Gasteiger partial charge in [0.1, 0.15) is 0 Å². The summed E-state index contributed by atoms with van der Waals surface area (Å²) in [5.74, 6) is 0. The van der Waals surface area contributed by atoms with Gasteiger partial charge in [0, 0.05) is 0 Å². The Labute approximate surface area is 95.6 Å². The van der Waals surface area contributed by atoms with Crippen LogP contribution in [-0.4, -0.2) is 11.2 Å². The molecule has 0 spiro atoms. The Balaban J connectivity index is 3.23. The Hall–Kier alpha value is -0.300. The lowest BCUT2D eigenvalue weighted by molar-refractivity contribution is 0.160. The van der Waals surface area contributed by atoms with Gasteiger partial charge in [0.2, 0.25) is 0 Å². The van der Waals surface area contributed by atoms with Crippen molar-refractivity contribution >= 4 is 0 Å². The fourth-order valence-electron chi connectivity index (χ4n) is 1.74. The van der Waals surface area contributed by atoms with Gasteiger partial charge in [0.05, 0.1) is 6.10 Å². The van der Waals surface area contributed by atoms with E-state index in [-0.39, 0.29) is 6.10 Å². The second kappa shape index (κ2) is 10.2. The lowest BCUT2D eigenvalue weighted by Crippen LogP contribution is -2.06. The van der Waals surface area contributed by atoms with Gasteiger partial charge in [0.25, 0.3) is 0 Å². The predicted octanol–water partition coefficient (Wildman–Crippen LogP) is 4.45. The van der Waals surface area contributed by atoms with E-state index < -0.39 is 0 Å². The van der Waals surface area contributed by atoms with Crippen molar-refractivity contribution in [3.8, 4) is 0 Å². The number of hydrogen-bond donors (Lipinski definition) is 1. The summed E-state index contributed by atoms with van der Waals surface area (Å²) in [5.41, 5.74) is 1.17. The summed E-state index contributed by atoms with van der Waals surface area (Å²) in [6, 6.07) is 0. The third-order valence-corrected chi connectivity index (χ3v) is 2.92. The van der Waals surface area contributed by atoms with Crippen molar-refractivity contribution in [2.75, 3.05) is 0 Å². The number of aliphatic hydroxyl groups is 1. The molecular formula is C14H28O. The van der Waals surface area contributed by atoms with Crippen LogP contribution in [0, 0.1) is 0 Å². The SMILES string of the molecule is C=C(CC)CC(O)CCCCCCCC. The average molecular weight is 212 g/mol. The highest BCUT2D eigenvalue weighted by molar-refractivity contribution is 4.94. The topological polar surface area (TPSA) is 20.2 Å². The molecule has 0 aliphatic heterocycles. The zero-order valence-corrected chi connectivity index (χ0v) is 10.6. The Morgan fingerprint density at radius 2 is 1.67 bits per heavy atom. The van der Waals surface area contributed by atoms with Crippen LogP contribution in [0.2, 0.25) is 0 Å². The summed E-state index contributed by atoms with van der Waals surface area (Å²) in [7, 11) is 0. The number of aliphatic hydroxyl groups excluding tert-OH is 1. The van der Waals surface area contributed by atoms with Crippen LogP contribution in [0.5, 0.6) is 0 Å². The second-order valence-electron chi connectivity index (χ2n) is 4.52. The molecule has 0 rings (SSSR count). The Kier molecular flexibility index (Phi) is 10.0. The zero-order chi connectivity index (χ0) is 11.5. The van der Waals surface area contributed by atoms with Gasteiger partial charge in [-0.2, -0.15) is 0 Å². The summed E-state index contributed by atoms with van der Waals surface area (Å²) in [6.45, 7) is 8.26. The molecule has 0 saturated heterocycles. The lowest BCUT2D eigenvalue weighted by atomic mass is 10.0. The first-order valence-electron chi connectivity index (χ1n) is 6.55. The van der Waals surface area contributed by atoms with Crippen LogP contribution in [0.4, 0.5) is 0 Å². The molecule has 1 unspecified atom stereocenters. The number of rotatable bonds is 10. The molecule has 0 aromatic heterocycles. The van der Waals surface area contributed by atoms with E-state index in [1.165, 1.54) is 44.1 Å². The van der Waals surface area contributed by atoms with E-state index in [4.69, 9.17) is 0 Å². The van der Waals surface area contributed by atoms with E-state index in [2.05, 4.69) is 20.4 Å². The van der Waals surface area contributed by atoms with E-state index in [0.29, 0.717) is 0 Å². The molecule has 1 nitrogen and oxygen atoms in total. The lowest BCUT2D eigenvalue weighted by Gasteiger charge is -2.11. The van der Waals surface area contributed by atoms with Crippen molar-refractivity contribution in [1.29, 1.82) is 0 Å².